The molecule has 2 aromatic heterocycles. The number of aryl methyl sites for hydroxylation is 5. The first-order valence-electron chi connectivity index (χ1n) is 29.2. The van der Waals surface area contributed by atoms with Crippen LogP contribution in [0.4, 0.5) is 17.1 Å². The van der Waals surface area contributed by atoms with Crippen LogP contribution in [0.3, 0.4) is 0 Å². The summed E-state index contributed by atoms with van der Waals surface area (Å²) in [7, 11) is 0. The summed E-state index contributed by atoms with van der Waals surface area (Å²) in [5, 5.41) is 3.33. The van der Waals surface area contributed by atoms with Crippen LogP contribution in [0.2, 0.25) is 0 Å². The second-order valence-electron chi connectivity index (χ2n) is 25.2. The monoisotopic (exact) mass is 1080 g/mol. The molecule has 0 aliphatic heterocycles. The molecule has 0 unspecified atom stereocenters. The summed E-state index contributed by atoms with van der Waals surface area (Å²) < 4.78 is 13.3. The first kappa shape index (κ1) is 51.9. The molecular weight excluding hydrogens is 1010 g/mol. The molecule has 0 atom stereocenters. The molecule has 0 saturated heterocycles. The average Bonchev–Trinajstić information content (AvgIpc) is 3.79. The van der Waals surface area contributed by atoms with E-state index in [1.165, 1.54) is 106 Å². The van der Waals surface area contributed by atoms with Crippen LogP contribution in [0.15, 0.2) is 204 Å². The molecule has 11 aromatic rings. The summed E-state index contributed by atoms with van der Waals surface area (Å²) in [6.07, 6.45) is 5.87. The van der Waals surface area contributed by atoms with Crippen LogP contribution in [0.1, 0.15) is 109 Å². The van der Waals surface area contributed by atoms with Gasteiger partial charge in [-0.15, -0.1) is 0 Å². The first-order valence-corrected chi connectivity index (χ1v) is 29.2. The molecular formula is C80H69NO2. The zero-order valence-electron chi connectivity index (χ0n) is 49.7. The fraction of sp³-hybridized carbons (Fsp3) is 0.175. The van der Waals surface area contributed by atoms with E-state index in [9.17, 15) is 0 Å². The number of hydrogen-bond donors (Lipinski definition) is 0. The van der Waals surface area contributed by atoms with Crippen molar-refractivity contribution in [1.29, 1.82) is 0 Å². The van der Waals surface area contributed by atoms with E-state index in [0.717, 1.165) is 72.4 Å². The highest BCUT2D eigenvalue weighted by molar-refractivity contribution is 6.19. The molecule has 0 radical (unpaired) electrons. The van der Waals surface area contributed by atoms with Gasteiger partial charge in [0.1, 0.15) is 22.3 Å². The maximum absolute atomic E-state index is 7.01. The molecule has 406 valence electrons. The van der Waals surface area contributed by atoms with Gasteiger partial charge in [-0.25, -0.2) is 0 Å². The number of para-hydroxylation sites is 1. The van der Waals surface area contributed by atoms with Crippen LogP contribution in [-0.4, -0.2) is 0 Å². The molecule has 83 heavy (non-hydrogen) atoms. The predicted octanol–water partition coefficient (Wildman–Crippen LogP) is 20.5. The molecule has 3 aliphatic carbocycles. The van der Waals surface area contributed by atoms with Crippen molar-refractivity contribution < 1.29 is 8.83 Å². The van der Waals surface area contributed by atoms with Gasteiger partial charge in [0.2, 0.25) is 0 Å². The lowest BCUT2D eigenvalue weighted by atomic mass is 9.79. The van der Waals surface area contributed by atoms with Crippen LogP contribution in [0.5, 0.6) is 0 Å². The molecule has 0 N–H and O–H groups in total. The lowest BCUT2D eigenvalue weighted by Gasteiger charge is -2.32. The van der Waals surface area contributed by atoms with E-state index in [1.807, 2.05) is 19.1 Å². The minimum Gasteiger partial charge on any atom is -0.461 e. The van der Waals surface area contributed by atoms with Crippen LogP contribution < -0.4 is 15.5 Å². The molecule has 3 aliphatic rings. The van der Waals surface area contributed by atoms with Crippen molar-refractivity contribution in [2.24, 2.45) is 0 Å². The van der Waals surface area contributed by atoms with Gasteiger partial charge in [-0.3, -0.25) is 0 Å². The van der Waals surface area contributed by atoms with E-state index in [4.69, 9.17) is 15.4 Å². The van der Waals surface area contributed by atoms with Gasteiger partial charge in [0.25, 0.3) is 0 Å². The largest absolute Gasteiger partial charge is 0.461 e. The van der Waals surface area contributed by atoms with Crippen molar-refractivity contribution in [3.63, 3.8) is 0 Å². The number of furan rings is 2. The van der Waals surface area contributed by atoms with Gasteiger partial charge in [-0.05, 0) is 195 Å². The fourth-order valence-electron chi connectivity index (χ4n) is 15.0. The zero-order valence-corrected chi connectivity index (χ0v) is 49.7. The molecule has 9 aromatic carbocycles. The lowest BCUT2D eigenvalue weighted by Crippen LogP contribution is -2.25. The van der Waals surface area contributed by atoms with E-state index in [2.05, 4.69) is 257 Å². The number of nitrogens with zero attached hydrogens (tertiary/aromatic N) is 1. The van der Waals surface area contributed by atoms with Gasteiger partial charge in [0.05, 0.1) is 5.69 Å². The maximum atomic E-state index is 7.01. The highest BCUT2D eigenvalue weighted by Crippen LogP contribution is 2.60. The van der Waals surface area contributed by atoms with Crippen LogP contribution in [0.25, 0.3) is 95.8 Å². The lowest BCUT2D eigenvalue weighted by molar-refractivity contribution is 0.502. The van der Waals surface area contributed by atoms with Crippen molar-refractivity contribution in [3.8, 4) is 55.6 Å². The van der Waals surface area contributed by atoms with Crippen molar-refractivity contribution in [1.82, 2.24) is 0 Å². The van der Waals surface area contributed by atoms with Crippen molar-refractivity contribution in [2.75, 3.05) is 4.90 Å². The van der Waals surface area contributed by atoms with Gasteiger partial charge in [0.15, 0.2) is 0 Å². The Labute approximate surface area is 488 Å². The van der Waals surface area contributed by atoms with E-state index in [1.54, 1.807) is 0 Å². The zero-order chi connectivity index (χ0) is 57.8. The summed E-state index contributed by atoms with van der Waals surface area (Å²) in [6, 6.07) is 61.7. The Hall–Kier alpha value is -9.18. The summed E-state index contributed by atoms with van der Waals surface area (Å²) in [5.74, 6) is 0.832. The van der Waals surface area contributed by atoms with Gasteiger partial charge < -0.3 is 13.7 Å². The van der Waals surface area contributed by atoms with Crippen molar-refractivity contribution in [2.45, 2.75) is 92.4 Å². The summed E-state index contributed by atoms with van der Waals surface area (Å²) >= 11 is 0. The third-order valence-electron chi connectivity index (χ3n) is 19.2. The fourth-order valence-corrected chi connectivity index (χ4v) is 15.0. The standard InChI is InChI=1S/C80H69NO2/c1-15-16-28-56-50(7)82-51(8)73(56)72-49(6)78(9,10)67-42-61-57-36-34-53(40-64(57)79(11,12)66(61)43-62(67)72)81(69-32-24-31-58(55-29-21-20-25-46(55)3)74(69)52-26-18-17-19-27-52)54-35-37-59-65(41-54)80(13,14)68-44-63(71-47(4)38-45(2)39-48(71)5)77-76(75(59)68)60-30-22-23-33-70(60)83-77/h15-44H,1,6,8H2,2-5,7,9-14H3/b28-16-,73-72-. The van der Waals surface area contributed by atoms with Gasteiger partial charge in [-0.2, -0.15) is 0 Å². The molecule has 0 amide bonds. The van der Waals surface area contributed by atoms with Crippen LogP contribution >= 0.6 is 0 Å². The number of anilines is 3. The van der Waals surface area contributed by atoms with Crippen molar-refractivity contribution in [3.05, 3.63) is 272 Å². The van der Waals surface area contributed by atoms with E-state index in [-0.39, 0.29) is 16.2 Å². The summed E-state index contributed by atoms with van der Waals surface area (Å²) in [4.78, 5) is 2.55. The van der Waals surface area contributed by atoms with E-state index in [0.29, 0.717) is 5.42 Å². The number of rotatable bonds is 8. The Morgan fingerprint density at radius 1 is 0.470 bits per heavy atom. The van der Waals surface area contributed by atoms with Gasteiger partial charge in [0, 0.05) is 60.3 Å². The highest BCUT2D eigenvalue weighted by atomic mass is 16.3. The number of fused-ring (bicyclic) bond motifs is 11. The SMILES string of the molecule is C=C/C=C\c1c(C)oc(=C)/c1=C1\C(=C)C(C)(C)c2cc3c(cc21)C(C)(C)c1cc(N(c2ccc4c(c2)C(C)(C)c2cc(-c5c(C)cc(C)cc5C)c5oc6ccccc6c5c2-4)c2cccc(-c4ccccc4C)c2-c2ccccc2)ccc1-3. The van der Waals surface area contributed by atoms with Crippen molar-refractivity contribution >= 4 is 57.2 Å². The maximum Gasteiger partial charge on any atom is 0.143 e. The molecule has 3 nitrogen and oxygen atoms in total. The molecule has 0 fully saturated rings. The number of allylic oxidation sites excluding steroid dienone is 3. The summed E-state index contributed by atoms with van der Waals surface area (Å²) in [6.45, 7) is 38.4. The Morgan fingerprint density at radius 3 is 1.80 bits per heavy atom. The molecule has 0 bridgehead atoms. The van der Waals surface area contributed by atoms with Crippen LogP contribution in [-0.2, 0) is 16.2 Å². The molecule has 0 spiro atoms. The molecule has 3 heteroatoms. The van der Waals surface area contributed by atoms with E-state index >= 15 is 0 Å². The first-order chi connectivity index (χ1) is 39.8. The van der Waals surface area contributed by atoms with Gasteiger partial charge >= 0.3 is 0 Å². The third kappa shape index (κ3) is 7.49. The molecule has 0 saturated carbocycles. The molecule has 2 heterocycles. The number of hydrogen-bond acceptors (Lipinski definition) is 3. The number of benzene rings is 9. The smallest absolute Gasteiger partial charge is 0.143 e. The second kappa shape index (κ2) is 18.4. The minimum atomic E-state index is -0.380. The van der Waals surface area contributed by atoms with Crippen LogP contribution in [0, 0.1) is 34.6 Å². The Balaban J connectivity index is 1.01. The normalized spacial score (nSPS) is 15.7. The quantitative estimate of drug-likeness (QED) is 0.142. The topological polar surface area (TPSA) is 29.5 Å². The Morgan fingerprint density at radius 2 is 1.07 bits per heavy atom. The average molecular weight is 1080 g/mol. The predicted molar refractivity (Wildman–Crippen MR) is 351 cm³/mol. The Bertz CT molecular complexity index is 4790. The van der Waals surface area contributed by atoms with E-state index < -0.39 is 0 Å². The second-order valence-corrected chi connectivity index (χ2v) is 25.2. The minimum absolute atomic E-state index is 0.339. The highest BCUT2D eigenvalue weighted by Gasteiger charge is 2.44. The van der Waals surface area contributed by atoms with Gasteiger partial charge in [-0.1, -0.05) is 194 Å². The Kier molecular flexibility index (Phi) is 11.5. The summed E-state index contributed by atoms with van der Waals surface area (Å²) in [5.41, 5.74) is 32.7. The molecule has 14 rings (SSSR count). The third-order valence-corrected chi connectivity index (χ3v) is 19.2.